The van der Waals surface area contributed by atoms with E-state index in [2.05, 4.69) is 25.2 Å². The second-order valence-corrected chi connectivity index (χ2v) is 11.0. The third-order valence-corrected chi connectivity index (χ3v) is 7.82. The van der Waals surface area contributed by atoms with Crippen LogP contribution in [0.25, 0.3) is 0 Å². The molecule has 0 bridgehead atoms. The summed E-state index contributed by atoms with van der Waals surface area (Å²) in [5, 5.41) is 30.4. The van der Waals surface area contributed by atoms with Crippen LogP contribution in [-0.4, -0.2) is 33.1 Å². The SMILES string of the molecule is CC(C)(O)CC1(C2=CCC3/C(=C/C=C4CC(O)C[C@H](O)C4)CCC[C@]23C)CC1. The lowest BCUT2D eigenvalue weighted by Gasteiger charge is -2.44. The molecule has 0 aromatic rings. The molecule has 0 radical (unpaired) electrons. The first-order valence-electron chi connectivity index (χ1n) is 11.3. The fourth-order valence-electron chi connectivity index (χ4n) is 6.69. The Morgan fingerprint density at radius 3 is 2.39 bits per heavy atom. The van der Waals surface area contributed by atoms with E-state index >= 15 is 0 Å². The lowest BCUT2D eigenvalue weighted by Crippen LogP contribution is -2.35. The molecule has 28 heavy (non-hydrogen) atoms. The number of aliphatic hydroxyl groups is 3. The van der Waals surface area contributed by atoms with Crippen molar-refractivity contribution in [1.29, 1.82) is 0 Å². The molecule has 0 aromatic heterocycles. The van der Waals surface area contributed by atoms with Crippen LogP contribution < -0.4 is 0 Å². The summed E-state index contributed by atoms with van der Waals surface area (Å²) in [4.78, 5) is 0. The molecule has 0 aliphatic heterocycles. The highest BCUT2D eigenvalue weighted by Gasteiger charge is 2.57. The Morgan fingerprint density at radius 2 is 1.79 bits per heavy atom. The Morgan fingerprint density at radius 1 is 1.11 bits per heavy atom. The van der Waals surface area contributed by atoms with Crippen LogP contribution in [0.4, 0.5) is 0 Å². The Hall–Kier alpha value is -0.900. The van der Waals surface area contributed by atoms with Crippen LogP contribution in [0.2, 0.25) is 0 Å². The molecule has 0 amide bonds. The van der Waals surface area contributed by atoms with Gasteiger partial charge in [-0.3, -0.25) is 0 Å². The van der Waals surface area contributed by atoms with Crippen molar-refractivity contribution in [3.8, 4) is 0 Å². The molecular weight excluding hydrogens is 348 g/mol. The van der Waals surface area contributed by atoms with Gasteiger partial charge in [-0.1, -0.05) is 41.9 Å². The topological polar surface area (TPSA) is 60.7 Å². The van der Waals surface area contributed by atoms with Crippen LogP contribution in [0.15, 0.2) is 34.9 Å². The molecule has 3 fully saturated rings. The zero-order chi connectivity index (χ0) is 20.2. The highest BCUT2D eigenvalue weighted by Crippen LogP contribution is 2.68. The Bertz CT molecular complexity index is 692. The van der Waals surface area contributed by atoms with E-state index in [0.29, 0.717) is 25.2 Å². The van der Waals surface area contributed by atoms with E-state index in [9.17, 15) is 15.3 Å². The minimum absolute atomic E-state index is 0.232. The predicted octanol–water partition coefficient (Wildman–Crippen LogP) is 4.82. The number of fused-ring (bicyclic) bond motifs is 1. The molecule has 0 saturated heterocycles. The molecule has 3 saturated carbocycles. The first kappa shape index (κ1) is 20.4. The lowest BCUT2D eigenvalue weighted by atomic mass is 9.60. The Labute approximate surface area is 170 Å². The molecule has 0 spiro atoms. The number of rotatable bonds is 4. The van der Waals surface area contributed by atoms with Crippen LogP contribution in [0, 0.1) is 16.7 Å². The minimum Gasteiger partial charge on any atom is -0.393 e. The maximum Gasteiger partial charge on any atom is 0.0602 e. The third-order valence-electron chi connectivity index (χ3n) is 7.82. The van der Waals surface area contributed by atoms with E-state index in [1.54, 1.807) is 11.1 Å². The van der Waals surface area contributed by atoms with Crippen LogP contribution >= 0.6 is 0 Å². The Kier molecular flexibility index (Phi) is 5.17. The minimum atomic E-state index is -0.605. The maximum absolute atomic E-state index is 10.5. The molecule has 3 N–H and O–H groups in total. The van der Waals surface area contributed by atoms with Crippen molar-refractivity contribution >= 4 is 0 Å². The van der Waals surface area contributed by atoms with Crippen molar-refractivity contribution in [3.63, 3.8) is 0 Å². The molecule has 3 heteroatoms. The van der Waals surface area contributed by atoms with Crippen LogP contribution in [0.5, 0.6) is 0 Å². The highest BCUT2D eigenvalue weighted by molar-refractivity contribution is 5.39. The number of aliphatic hydroxyl groups excluding tert-OH is 2. The van der Waals surface area contributed by atoms with Gasteiger partial charge in [-0.05, 0) is 94.8 Å². The molecule has 0 heterocycles. The average Bonchev–Trinajstić information content (AvgIpc) is 3.22. The highest BCUT2D eigenvalue weighted by atomic mass is 16.3. The van der Waals surface area contributed by atoms with Gasteiger partial charge in [0.1, 0.15) is 0 Å². The second kappa shape index (κ2) is 7.11. The first-order chi connectivity index (χ1) is 13.1. The van der Waals surface area contributed by atoms with Gasteiger partial charge in [0.2, 0.25) is 0 Å². The Balaban J connectivity index is 1.54. The largest absolute Gasteiger partial charge is 0.393 e. The monoisotopic (exact) mass is 386 g/mol. The van der Waals surface area contributed by atoms with Crippen LogP contribution in [-0.2, 0) is 0 Å². The van der Waals surface area contributed by atoms with Gasteiger partial charge < -0.3 is 15.3 Å². The van der Waals surface area contributed by atoms with Gasteiger partial charge in [0, 0.05) is 0 Å². The van der Waals surface area contributed by atoms with E-state index in [-0.39, 0.29) is 10.8 Å². The number of hydrogen-bond donors (Lipinski definition) is 3. The van der Waals surface area contributed by atoms with Crippen LogP contribution in [0.1, 0.15) is 85.0 Å². The average molecular weight is 387 g/mol. The van der Waals surface area contributed by atoms with Gasteiger partial charge >= 0.3 is 0 Å². The van der Waals surface area contributed by atoms with Crippen molar-refractivity contribution in [2.45, 2.75) is 103 Å². The van der Waals surface area contributed by atoms with Gasteiger partial charge in [-0.25, -0.2) is 0 Å². The molecule has 4 atom stereocenters. The van der Waals surface area contributed by atoms with Gasteiger partial charge in [-0.15, -0.1) is 0 Å². The van der Waals surface area contributed by atoms with Gasteiger partial charge in [0.25, 0.3) is 0 Å². The summed E-state index contributed by atoms with van der Waals surface area (Å²) in [6, 6.07) is 0. The van der Waals surface area contributed by atoms with Gasteiger partial charge in [0.15, 0.2) is 0 Å². The van der Waals surface area contributed by atoms with Gasteiger partial charge in [-0.2, -0.15) is 0 Å². The lowest BCUT2D eigenvalue weighted by molar-refractivity contribution is 0.0481. The smallest absolute Gasteiger partial charge is 0.0602 e. The van der Waals surface area contributed by atoms with E-state index in [4.69, 9.17) is 0 Å². The summed E-state index contributed by atoms with van der Waals surface area (Å²) in [5.41, 5.74) is 4.22. The summed E-state index contributed by atoms with van der Waals surface area (Å²) in [7, 11) is 0. The normalized spacial score (nSPS) is 40.5. The van der Waals surface area contributed by atoms with Gasteiger partial charge in [0.05, 0.1) is 17.8 Å². The molecule has 156 valence electrons. The fourth-order valence-corrected chi connectivity index (χ4v) is 6.69. The maximum atomic E-state index is 10.5. The third kappa shape index (κ3) is 3.91. The molecule has 4 aliphatic rings. The summed E-state index contributed by atoms with van der Waals surface area (Å²) >= 11 is 0. The first-order valence-corrected chi connectivity index (χ1v) is 11.3. The van der Waals surface area contributed by atoms with E-state index in [1.165, 1.54) is 31.3 Å². The molecule has 4 aliphatic carbocycles. The molecule has 4 rings (SSSR count). The van der Waals surface area contributed by atoms with E-state index in [0.717, 1.165) is 19.3 Å². The van der Waals surface area contributed by atoms with Crippen molar-refractivity contribution in [1.82, 2.24) is 0 Å². The summed E-state index contributed by atoms with van der Waals surface area (Å²) in [6.45, 7) is 6.37. The summed E-state index contributed by atoms with van der Waals surface area (Å²) < 4.78 is 0. The molecule has 3 nitrogen and oxygen atoms in total. The number of allylic oxidation sites excluding steroid dienone is 5. The van der Waals surface area contributed by atoms with Crippen LogP contribution in [0.3, 0.4) is 0 Å². The predicted molar refractivity (Wildman–Crippen MR) is 113 cm³/mol. The van der Waals surface area contributed by atoms with E-state index < -0.39 is 17.8 Å². The standard InChI is InChI=1S/C25H38O3/c1-23(2,28)16-25(11-12-25)22-9-8-21-18(5-4-10-24(21,22)3)7-6-17-13-19(26)15-20(27)14-17/h6-7,9,19-21,26-28H,4-5,8,10-16H2,1-3H3/b17-6?,18-7+/t19-,20?,21?,24+/m1/s1. The fraction of sp³-hybridized carbons (Fsp3) is 0.760. The van der Waals surface area contributed by atoms with E-state index in [1.807, 2.05) is 13.8 Å². The van der Waals surface area contributed by atoms with Crippen molar-refractivity contribution in [3.05, 3.63) is 34.9 Å². The zero-order valence-corrected chi connectivity index (χ0v) is 17.9. The van der Waals surface area contributed by atoms with Crippen molar-refractivity contribution in [2.24, 2.45) is 16.7 Å². The summed E-state index contributed by atoms with van der Waals surface area (Å²) in [5.74, 6) is 0.575. The number of hydrogen-bond acceptors (Lipinski definition) is 3. The quantitative estimate of drug-likeness (QED) is 0.607. The molecule has 2 unspecified atom stereocenters. The second-order valence-electron chi connectivity index (χ2n) is 11.0. The zero-order valence-electron chi connectivity index (χ0n) is 17.9. The summed E-state index contributed by atoms with van der Waals surface area (Å²) in [6.07, 6.45) is 16.2. The van der Waals surface area contributed by atoms with Crippen molar-refractivity contribution < 1.29 is 15.3 Å². The molecular formula is C25H38O3. The van der Waals surface area contributed by atoms with Crippen molar-refractivity contribution in [2.75, 3.05) is 0 Å². The molecule has 0 aromatic carbocycles.